The van der Waals surface area contributed by atoms with Gasteiger partial charge >= 0.3 is 5.97 Å². The number of thioether (sulfide) groups is 1. The van der Waals surface area contributed by atoms with E-state index in [0.717, 1.165) is 11.8 Å². The summed E-state index contributed by atoms with van der Waals surface area (Å²) >= 11 is 1.08. The van der Waals surface area contributed by atoms with Crippen LogP contribution in [-0.2, 0) is 9.59 Å². The molecule has 9 heteroatoms. The van der Waals surface area contributed by atoms with Crippen LogP contribution < -0.4 is 5.32 Å². The molecule has 0 radical (unpaired) electrons. The van der Waals surface area contributed by atoms with Crippen LogP contribution in [0.1, 0.15) is 12.5 Å². The number of nitrogens with one attached hydrogen (secondary N) is 1. The Morgan fingerprint density at radius 1 is 1.57 bits per heavy atom. The van der Waals surface area contributed by atoms with Gasteiger partial charge in [0, 0.05) is 23.6 Å². The molecule has 0 heterocycles. The number of benzene rings is 1. The molecule has 110 valence electrons. The molecule has 0 aliphatic carbocycles. The maximum Gasteiger partial charge on any atom is 0.327 e. The first-order valence-corrected chi connectivity index (χ1v) is 6.65. The fourth-order valence-corrected chi connectivity index (χ4v) is 2.40. The summed E-state index contributed by atoms with van der Waals surface area (Å²) in [6, 6.07) is 4.57. The van der Waals surface area contributed by atoms with Gasteiger partial charge in [0.15, 0.2) is 0 Å². The quantitative estimate of drug-likeness (QED) is 0.457. The lowest BCUT2D eigenvalue weighted by Gasteiger charge is -2.12. The smallest absolute Gasteiger partial charge is 0.327 e. The Morgan fingerprint density at radius 2 is 2.24 bits per heavy atom. The third-order valence-electron chi connectivity index (χ3n) is 2.38. The molecule has 0 aliphatic heterocycles. The summed E-state index contributed by atoms with van der Waals surface area (Å²) in [5.41, 5.74) is -0.408. The Bertz CT molecular complexity index is 626. The molecule has 0 aromatic heterocycles. The highest BCUT2D eigenvalue weighted by atomic mass is 32.2. The van der Waals surface area contributed by atoms with Crippen molar-refractivity contribution in [2.24, 2.45) is 0 Å². The Balaban J connectivity index is 2.84. The molecule has 2 N–H and O–H groups in total. The van der Waals surface area contributed by atoms with Crippen LogP contribution in [0.5, 0.6) is 0 Å². The van der Waals surface area contributed by atoms with Crippen LogP contribution in [0.2, 0.25) is 0 Å². The molecular weight excluding hydrogens is 298 g/mol. The lowest BCUT2D eigenvalue weighted by molar-refractivity contribution is -0.385. The maximum atomic E-state index is 11.0. The summed E-state index contributed by atoms with van der Waals surface area (Å²) < 4.78 is 0. The van der Waals surface area contributed by atoms with Crippen LogP contribution in [0.3, 0.4) is 0 Å². The molecule has 0 bridgehead atoms. The first-order valence-electron chi connectivity index (χ1n) is 5.66. The summed E-state index contributed by atoms with van der Waals surface area (Å²) in [4.78, 5) is 32.4. The molecule has 1 unspecified atom stereocenters. The first-order chi connectivity index (χ1) is 9.85. The molecule has 1 atom stereocenters. The van der Waals surface area contributed by atoms with Crippen molar-refractivity contribution < 1.29 is 19.6 Å². The minimum atomic E-state index is -1.18. The molecule has 1 aromatic rings. The van der Waals surface area contributed by atoms with Crippen LogP contribution in [-0.4, -0.2) is 33.7 Å². The van der Waals surface area contributed by atoms with Gasteiger partial charge in [0.1, 0.15) is 17.7 Å². The van der Waals surface area contributed by atoms with Gasteiger partial charge in [-0.1, -0.05) is 0 Å². The van der Waals surface area contributed by atoms with E-state index >= 15 is 0 Å². The Labute approximate surface area is 123 Å². The van der Waals surface area contributed by atoms with Gasteiger partial charge in [-0.05, 0) is 12.1 Å². The van der Waals surface area contributed by atoms with Gasteiger partial charge in [-0.2, -0.15) is 5.26 Å². The molecular formula is C12H11N3O5S. The zero-order valence-electron chi connectivity index (χ0n) is 10.9. The second-order valence-corrected chi connectivity index (χ2v) is 5.04. The van der Waals surface area contributed by atoms with Gasteiger partial charge in [-0.25, -0.2) is 4.79 Å². The highest BCUT2D eigenvalue weighted by Crippen LogP contribution is 2.26. The average molecular weight is 309 g/mol. The van der Waals surface area contributed by atoms with Crippen molar-refractivity contribution in [3.8, 4) is 6.07 Å². The number of rotatable bonds is 6. The van der Waals surface area contributed by atoms with E-state index in [4.69, 9.17) is 10.4 Å². The zero-order valence-corrected chi connectivity index (χ0v) is 11.7. The van der Waals surface area contributed by atoms with Crippen molar-refractivity contribution >= 4 is 29.3 Å². The summed E-state index contributed by atoms with van der Waals surface area (Å²) in [6.07, 6.45) is 0. The Hall–Kier alpha value is -2.60. The van der Waals surface area contributed by atoms with E-state index in [9.17, 15) is 19.7 Å². The number of carbonyl (C=O) groups excluding carboxylic acids is 1. The van der Waals surface area contributed by atoms with Gasteiger partial charge in [0.2, 0.25) is 5.91 Å². The van der Waals surface area contributed by atoms with E-state index in [-0.39, 0.29) is 17.0 Å². The minimum absolute atomic E-state index is 0.0393. The molecule has 0 fully saturated rings. The number of hydrogen-bond donors (Lipinski definition) is 2. The third-order valence-corrected chi connectivity index (χ3v) is 3.46. The predicted octanol–water partition coefficient (Wildman–Crippen LogP) is 1.15. The number of amides is 1. The van der Waals surface area contributed by atoms with E-state index in [1.54, 1.807) is 6.07 Å². The largest absolute Gasteiger partial charge is 0.480 e. The molecule has 0 saturated carbocycles. The molecule has 21 heavy (non-hydrogen) atoms. The number of nitro groups is 1. The monoisotopic (exact) mass is 309 g/mol. The average Bonchev–Trinajstić information content (AvgIpc) is 2.42. The predicted molar refractivity (Wildman–Crippen MR) is 73.8 cm³/mol. The minimum Gasteiger partial charge on any atom is -0.480 e. The summed E-state index contributed by atoms with van der Waals surface area (Å²) in [6.45, 7) is 1.21. The zero-order chi connectivity index (χ0) is 16.0. The number of carbonyl (C=O) groups is 2. The van der Waals surface area contributed by atoms with Crippen molar-refractivity contribution in [2.75, 3.05) is 5.75 Å². The molecule has 1 amide bonds. The van der Waals surface area contributed by atoms with Crippen LogP contribution in [0.25, 0.3) is 0 Å². The van der Waals surface area contributed by atoms with Crippen molar-refractivity contribution in [1.29, 1.82) is 5.26 Å². The molecule has 0 spiro atoms. The fraction of sp³-hybridized carbons (Fsp3) is 0.250. The van der Waals surface area contributed by atoms with Gasteiger partial charge < -0.3 is 10.4 Å². The number of carboxylic acids is 1. The van der Waals surface area contributed by atoms with Crippen molar-refractivity contribution in [3.63, 3.8) is 0 Å². The molecule has 0 saturated heterocycles. The third kappa shape index (κ3) is 4.77. The Morgan fingerprint density at radius 3 is 2.71 bits per heavy atom. The highest BCUT2D eigenvalue weighted by molar-refractivity contribution is 7.99. The number of nitro benzene ring substituents is 1. The number of hydrogen-bond acceptors (Lipinski definition) is 6. The number of nitrogens with zero attached hydrogens (tertiary/aromatic N) is 2. The molecule has 1 aromatic carbocycles. The molecule has 8 nitrogen and oxygen atoms in total. The van der Waals surface area contributed by atoms with E-state index < -0.39 is 22.8 Å². The summed E-state index contributed by atoms with van der Waals surface area (Å²) in [5.74, 6) is -1.61. The van der Waals surface area contributed by atoms with Crippen LogP contribution >= 0.6 is 11.8 Å². The topological polar surface area (TPSA) is 133 Å². The summed E-state index contributed by atoms with van der Waals surface area (Å²) in [5, 5.41) is 30.8. The van der Waals surface area contributed by atoms with Crippen molar-refractivity contribution in [3.05, 3.63) is 33.9 Å². The first kappa shape index (κ1) is 16.5. The second kappa shape index (κ2) is 7.25. The number of aliphatic carboxylic acids is 1. The van der Waals surface area contributed by atoms with Gasteiger partial charge in [-0.3, -0.25) is 14.9 Å². The maximum absolute atomic E-state index is 11.0. The lowest BCUT2D eigenvalue weighted by atomic mass is 10.2. The van der Waals surface area contributed by atoms with Crippen molar-refractivity contribution in [1.82, 2.24) is 5.32 Å². The SMILES string of the molecule is CC(=O)NC(CSc1ccc([N+](=O)[O-])c(C#N)c1)C(=O)O. The fourth-order valence-electron chi connectivity index (χ4n) is 1.45. The second-order valence-electron chi connectivity index (χ2n) is 3.95. The normalized spacial score (nSPS) is 11.2. The van der Waals surface area contributed by atoms with E-state index in [1.165, 1.54) is 25.1 Å². The van der Waals surface area contributed by atoms with Crippen LogP contribution in [0.15, 0.2) is 23.1 Å². The van der Waals surface area contributed by atoms with E-state index in [2.05, 4.69) is 5.32 Å². The van der Waals surface area contributed by atoms with Crippen LogP contribution in [0.4, 0.5) is 5.69 Å². The van der Waals surface area contributed by atoms with Gasteiger partial charge in [0.25, 0.3) is 5.69 Å². The van der Waals surface area contributed by atoms with E-state index in [1.807, 2.05) is 0 Å². The lowest BCUT2D eigenvalue weighted by Crippen LogP contribution is -2.41. The van der Waals surface area contributed by atoms with E-state index in [0.29, 0.717) is 4.90 Å². The molecule has 1 rings (SSSR count). The van der Waals surface area contributed by atoms with Crippen molar-refractivity contribution in [2.45, 2.75) is 17.9 Å². The number of carboxylic acid groups (broad SMARTS) is 1. The standard InChI is InChI=1S/C12H11N3O5S/c1-7(16)14-10(12(17)18)6-21-9-2-3-11(15(19)20)8(4-9)5-13/h2-4,10H,6H2,1H3,(H,14,16)(H,17,18). The summed E-state index contributed by atoms with van der Waals surface area (Å²) in [7, 11) is 0. The van der Waals surface area contributed by atoms with Crippen LogP contribution in [0, 0.1) is 21.4 Å². The highest BCUT2D eigenvalue weighted by Gasteiger charge is 2.19. The number of nitriles is 1. The Kier molecular flexibility index (Phi) is 5.68. The van der Waals surface area contributed by atoms with Gasteiger partial charge in [-0.15, -0.1) is 11.8 Å². The van der Waals surface area contributed by atoms with Gasteiger partial charge in [0.05, 0.1) is 4.92 Å². The molecule has 0 aliphatic rings.